The smallest absolute Gasteiger partial charge is 0.224 e. The van der Waals surface area contributed by atoms with Gasteiger partial charge in [-0.3, -0.25) is 4.79 Å². The molecule has 0 aliphatic carbocycles. The molecule has 0 radical (unpaired) electrons. The van der Waals surface area contributed by atoms with Gasteiger partial charge in [-0.05, 0) is 31.7 Å². The normalized spacial score (nSPS) is 14.1. The second-order valence-corrected chi connectivity index (χ2v) is 6.33. The molecule has 5 heteroatoms. The summed E-state index contributed by atoms with van der Waals surface area (Å²) in [4.78, 5) is 12.1. The molecule has 1 aromatic heterocycles. The number of aliphatic hydroxyl groups excluding tert-OH is 1. The third-order valence-electron chi connectivity index (χ3n) is 3.59. The van der Waals surface area contributed by atoms with Crippen molar-refractivity contribution in [1.82, 2.24) is 5.32 Å². The molecule has 0 unspecified atom stereocenters. The average molecular weight is 307 g/mol. The Kier molecular flexibility index (Phi) is 5.31. The van der Waals surface area contributed by atoms with Crippen LogP contribution in [0.2, 0.25) is 0 Å². The average Bonchev–Trinajstić information content (AvgIpc) is 2.82. The highest BCUT2D eigenvalue weighted by molar-refractivity contribution is 7.99. The van der Waals surface area contributed by atoms with E-state index in [-0.39, 0.29) is 30.2 Å². The zero-order valence-electron chi connectivity index (χ0n) is 12.6. The van der Waals surface area contributed by atoms with Crippen molar-refractivity contribution in [3.05, 3.63) is 35.6 Å². The first kappa shape index (κ1) is 15.9. The Bertz CT molecular complexity index is 619. The van der Waals surface area contributed by atoms with Gasteiger partial charge in [-0.1, -0.05) is 12.1 Å². The molecule has 0 fully saturated rings. The van der Waals surface area contributed by atoms with E-state index in [4.69, 9.17) is 4.42 Å². The molecule has 1 amide bonds. The summed E-state index contributed by atoms with van der Waals surface area (Å²) in [5.74, 6) is -0.0572. The van der Waals surface area contributed by atoms with Crippen LogP contribution in [0.5, 0.6) is 0 Å². The van der Waals surface area contributed by atoms with Gasteiger partial charge >= 0.3 is 0 Å². The topological polar surface area (TPSA) is 62.5 Å². The Hall–Kier alpha value is -1.46. The van der Waals surface area contributed by atoms with Crippen LogP contribution < -0.4 is 5.32 Å². The van der Waals surface area contributed by atoms with Crippen LogP contribution in [0.4, 0.5) is 0 Å². The van der Waals surface area contributed by atoms with Gasteiger partial charge in [0.15, 0.2) is 0 Å². The molecule has 2 rings (SSSR count). The second kappa shape index (κ2) is 7.00. The monoisotopic (exact) mass is 307 g/mol. The number of thioether (sulfide) groups is 1. The molecule has 0 saturated carbocycles. The van der Waals surface area contributed by atoms with Crippen LogP contribution >= 0.6 is 11.8 Å². The number of amides is 1. The van der Waals surface area contributed by atoms with E-state index in [1.54, 1.807) is 18.0 Å². The molecule has 1 aromatic carbocycles. The van der Waals surface area contributed by atoms with Crippen molar-refractivity contribution < 1.29 is 14.3 Å². The molecule has 0 bridgehead atoms. The number of rotatable bonds is 6. The van der Waals surface area contributed by atoms with Crippen molar-refractivity contribution in [3.8, 4) is 0 Å². The molecule has 21 heavy (non-hydrogen) atoms. The number of fused-ring (bicyclic) bond motifs is 1. The highest BCUT2D eigenvalue weighted by Crippen LogP contribution is 2.22. The lowest BCUT2D eigenvalue weighted by molar-refractivity contribution is -0.121. The summed E-state index contributed by atoms with van der Waals surface area (Å²) >= 11 is 1.55. The zero-order valence-corrected chi connectivity index (χ0v) is 13.4. The molecule has 114 valence electrons. The van der Waals surface area contributed by atoms with Crippen LogP contribution in [0.15, 0.2) is 28.9 Å². The Morgan fingerprint density at radius 3 is 2.90 bits per heavy atom. The van der Waals surface area contributed by atoms with Crippen molar-refractivity contribution >= 4 is 28.6 Å². The third kappa shape index (κ3) is 3.80. The van der Waals surface area contributed by atoms with Gasteiger partial charge in [0.2, 0.25) is 5.91 Å². The lowest BCUT2D eigenvalue weighted by atomic mass is 10.1. The maximum Gasteiger partial charge on any atom is 0.224 e. The predicted molar refractivity (Wildman–Crippen MR) is 86.6 cm³/mol. The van der Waals surface area contributed by atoms with E-state index in [0.29, 0.717) is 0 Å². The van der Waals surface area contributed by atoms with E-state index in [2.05, 4.69) is 5.32 Å². The molecule has 2 aromatic rings. The van der Waals surface area contributed by atoms with Crippen molar-refractivity contribution in [3.63, 3.8) is 0 Å². The molecule has 0 saturated heterocycles. The molecule has 1 heterocycles. The van der Waals surface area contributed by atoms with Crippen LogP contribution in [-0.4, -0.2) is 35.2 Å². The summed E-state index contributed by atoms with van der Waals surface area (Å²) in [7, 11) is 0. The van der Waals surface area contributed by atoms with Gasteiger partial charge in [-0.25, -0.2) is 0 Å². The van der Waals surface area contributed by atoms with Crippen molar-refractivity contribution in [1.29, 1.82) is 0 Å². The molecule has 2 atom stereocenters. The number of carbonyl (C=O) groups excluding carboxylic acids is 1. The maximum atomic E-state index is 12.1. The van der Waals surface area contributed by atoms with E-state index < -0.39 is 0 Å². The number of aryl methyl sites for hydroxylation is 1. The number of carbonyl (C=O) groups is 1. The second-order valence-electron chi connectivity index (χ2n) is 5.25. The van der Waals surface area contributed by atoms with Gasteiger partial charge in [-0.15, -0.1) is 0 Å². The van der Waals surface area contributed by atoms with Gasteiger partial charge in [-0.2, -0.15) is 11.8 Å². The van der Waals surface area contributed by atoms with Gasteiger partial charge in [0, 0.05) is 22.2 Å². The minimum Gasteiger partial charge on any atom is -0.464 e. The number of hydrogen-bond donors (Lipinski definition) is 2. The summed E-state index contributed by atoms with van der Waals surface area (Å²) in [5, 5.41) is 13.2. The fraction of sp³-hybridized carbons (Fsp3) is 0.438. The van der Waals surface area contributed by atoms with Crippen LogP contribution in [-0.2, 0) is 11.2 Å². The van der Waals surface area contributed by atoms with E-state index in [0.717, 1.165) is 22.1 Å². The van der Waals surface area contributed by atoms with Crippen molar-refractivity contribution in [2.24, 2.45) is 0 Å². The van der Waals surface area contributed by atoms with Crippen LogP contribution in [0, 0.1) is 6.92 Å². The maximum absolute atomic E-state index is 12.1. The zero-order chi connectivity index (χ0) is 15.4. The summed E-state index contributed by atoms with van der Waals surface area (Å²) in [6.45, 7) is 3.97. The quantitative estimate of drug-likeness (QED) is 0.861. The SMILES string of the molecule is CS[C@H](CO)[C@H](C)NC(=O)Cc1coc2cc(C)ccc12. The number of furan rings is 1. The number of hydrogen-bond acceptors (Lipinski definition) is 4. The molecular weight excluding hydrogens is 286 g/mol. The Morgan fingerprint density at radius 2 is 2.24 bits per heavy atom. The fourth-order valence-electron chi connectivity index (χ4n) is 2.33. The molecule has 2 N–H and O–H groups in total. The van der Waals surface area contributed by atoms with Gasteiger partial charge < -0.3 is 14.8 Å². The van der Waals surface area contributed by atoms with E-state index in [1.807, 2.05) is 38.3 Å². The third-order valence-corrected chi connectivity index (χ3v) is 4.75. The van der Waals surface area contributed by atoms with Gasteiger partial charge in [0.25, 0.3) is 0 Å². The first-order valence-electron chi connectivity index (χ1n) is 6.95. The first-order chi connectivity index (χ1) is 10.0. The largest absolute Gasteiger partial charge is 0.464 e. The van der Waals surface area contributed by atoms with E-state index in [1.165, 1.54) is 0 Å². The standard InChI is InChI=1S/C16H21NO3S/c1-10-4-5-13-12(9-20-14(13)6-10)7-16(19)17-11(2)15(8-18)21-3/h4-6,9,11,15,18H,7-8H2,1-3H3,(H,17,19)/t11-,15+/m0/s1. The summed E-state index contributed by atoms with van der Waals surface area (Å²) in [6.07, 6.45) is 3.86. The highest BCUT2D eigenvalue weighted by atomic mass is 32.2. The predicted octanol–water partition coefficient (Wildman–Crippen LogP) is 2.51. The number of nitrogens with one attached hydrogen (secondary N) is 1. The molecular formula is C16H21NO3S. The van der Waals surface area contributed by atoms with Gasteiger partial charge in [0.05, 0.1) is 19.3 Å². The lowest BCUT2D eigenvalue weighted by Gasteiger charge is -2.21. The Balaban J connectivity index is 2.04. The molecule has 0 aliphatic heterocycles. The van der Waals surface area contributed by atoms with Crippen LogP contribution in [0.25, 0.3) is 11.0 Å². The van der Waals surface area contributed by atoms with E-state index >= 15 is 0 Å². The molecule has 0 spiro atoms. The van der Waals surface area contributed by atoms with Gasteiger partial charge in [0.1, 0.15) is 5.58 Å². The molecule has 0 aliphatic rings. The highest BCUT2D eigenvalue weighted by Gasteiger charge is 2.18. The minimum absolute atomic E-state index is 0.0118. The van der Waals surface area contributed by atoms with Crippen LogP contribution in [0.1, 0.15) is 18.1 Å². The number of benzene rings is 1. The van der Waals surface area contributed by atoms with Crippen molar-refractivity contribution in [2.75, 3.05) is 12.9 Å². The van der Waals surface area contributed by atoms with E-state index in [9.17, 15) is 9.90 Å². The van der Waals surface area contributed by atoms with Crippen molar-refractivity contribution in [2.45, 2.75) is 31.6 Å². The Morgan fingerprint density at radius 1 is 1.48 bits per heavy atom. The minimum atomic E-state index is -0.0714. The summed E-state index contributed by atoms with van der Waals surface area (Å²) < 4.78 is 5.50. The summed E-state index contributed by atoms with van der Waals surface area (Å²) in [6, 6.07) is 5.89. The first-order valence-corrected chi connectivity index (χ1v) is 8.23. The summed E-state index contributed by atoms with van der Waals surface area (Å²) in [5.41, 5.74) is 2.83. The number of aliphatic hydroxyl groups is 1. The van der Waals surface area contributed by atoms with Crippen LogP contribution in [0.3, 0.4) is 0 Å². The fourth-order valence-corrected chi connectivity index (χ4v) is 2.96. The Labute approximate surface area is 128 Å². The lowest BCUT2D eigenvalue weighted by Crippen LogP contribution is -2.41. The molecule has 4 nitrogen and oxygen atoms in total.